The number of hydrogen-bond donors (Lipinski definition) is 1. The van der Waals surface area contributed by atoms with E-state index in [-0.39, 0.29) is 48.8 Å². The molecule has 3 aromatic rings. The first-order chi connectivity index (χ1) is 16.0. The molecule has 168 valence electrons. The first kappa shape index (κ1) is 21.3. The van der Waals surface area contributed by atoms with Crippen molar-refractivity contribution in [1.29, 1.82) is 0 Å². The summed E-state index contributed by atoms with van der Waals surface area (Å²) in [6.45, 7) is 0.0498. The van der Waals surface area contributed by atoms with E-state index in [4.69, 9.17) is 0 Å². The molecular formula is C26H22F2N2O3. The van der Waals surface area contributed by atoms with E-state index in [1.807, 2.05) is 24.3 Å². The minimum atomic E-state index is -0.434. The average molecular weight is 448 g/mol. The van der Waals surface area contributed by atoms with Crippen molar-refractivity contribution in [3.8, 4) is 11.1 Å². The van der Waals surface area contributed by atoms with Crippen LogP contribution in [0.5, 0.6) is 0 Å². The molecule has 0 aliphatic carbocycles. The number of hydrogen-bond acceptors (Lipinski definition) is 3. The van der Waals surface area contributed by atoms with Crippen LogP contribution in [0.2, 0.25) is 0 Å². The number of carbonyl (C=O) groups is 2. The molecule has 0 bridgehead atoms. The molecule has 5 rings (SSSR count). The normalized spacial score (nSPS) is 22.0. The molecular weight excluding hydrogens is 426 g/mol. The van der Waals surface area contributed by atoms with Gasteiger partial charge in [-0.2, -0.15) is 0 Å². The van der Waals surface area contributed by atoms with Gasteiger partial charge in [-0.15, -0.1) is 0 Å². The summed E-state index contributed by atoms with van der Waals surface area (Å²) in [6, 6.07) is 18.6. The maximum absolute atomic E-state index is 14.1. The molecule has 0 aromatic heterocycles. The second kappa shape index (κ2) is 8.41. The lowest BCUT2D eigenvalue weighted by Gasteiger charge is -2.58. The summed E-state index contributed by atoms with van der Waals surface area (Å²) >= 11 is 0. The van der Waals surface area contributed by atoms with Crippen molar-refractivity contribution >= 4 is 11.8 Å². The van der Waals surface area contributed by atoms with Gasteiger partial charge in [0, 0.05) is 23.6 Å². The van der Waals surface area contributed by atoms with Crippen LogP contribution in [0.15, 0.2) is 72.8 Å². The summed E-state index contributed by atoms with van der Waals surface area (Å²) in [4.78, 5) is 28.8. The van der Waals surface area contributed by atoms with Crippen LogP contribution in [0, 0.1) is 11.6 Å². The molecule has 2 heterocycles. The maximum Gasteiger partial charge on any atom is 0.254 e. The quantitative estimate of drug-likeness (QED) is 0.665. The summed E-state index contributed by atoms with van der Waals surface area (Å²) in [5.41, 5.74) is 2.48. The van der Waals surface area contributed by atoms with Gasteiger partial charge in [-0.3, -0.25) is 9.59 Å². The summed E-state index contributed by atoms with van der Waals surface area (Å²) < 4.78 is 27.4. The van der Waals surface area contributed by atoms with Crippen LogP contribution in [0.25, 0.3) is 11.1 Å². The van der Waals surface area contributed by atoms with Gasteiger partial charge in [0.15, 0.2) is 0 Å². The minimum Gasteiger partial charge on any atom is -0.394 e. The summed E-state index contributed by atoms with van der Waals surface area (Å²) in [5.74, 6) is -1.45. The Morgan fingerprint density at radius 2 is 1.67 bits per heavy atom. The van der Waals surface area contributed by atoms with Gasteiger partial charge in [0.1, 0.15) is 18.2 Å². The van der Waals surface area contributed by atoms with E-state index in [9.17, 15) is 23.5 Å². The molecule has 7 heteroatoms. The van der Waals surface area contributed by atoms with Crippen molar-refractivity contribution in [1.82, 2.24) is 9.80 Å². The number of aliphatic hydroxyl groups excluding tert-OH is 1. The number of fused-ring (bicyclic) bond motifs is 1. The predicted molar refractivity (Wildman–Crippen MR) is 118 cm³/mol. The van der Waals surface area contributed by atoms with Gasteiger partial charge < -0.3 is 14.9 Å². The highest BCUT2D eigenvalue weighted by molar-refractivity contribution is 5.97. The predicted octanol–water partition coefficient (Wildman–Crippen LogP) is 3.44. The van der Waals surface area contributed by atoms with Crippen LogP contribution >= 0.6 is 0 Å². The summed E-state index contributed by atoms with van der Waals surface area (Å²) in [7, 11) is 0. The van der Waals surface area contributed by atoms with Gasteiger partial charge in [0.25, 0.3) is 5.91 Å². The molecule has 1 N–H and O–H groups in total. The third-order valence-corrected chi connectivity index (χ3v) is 6.61. The molecule has 3 atom stereocenters. The second-order valence-electron chi connectivity index (χ2n) is 8.44. The number of piperazine rings is 1. The Bertz CT molecular complexity index is 1200. The van der Waals surface area contributed by atoms with Gasteiger partial charge in [0.2, 0.25) is 5.91 Å². The zero-order valence-electron chi connectivity index (χ0n) is 17.7. The number of halogens is 2. The molecule has 3 aromatic carbocycles. The molecule has 33 heavy (non-hydrogen) atoms. The maximum atomic E-state index is 14.1. The van der Waals surface area contributed by atoms with Crippen LogP contribution in [0.1, 0.15) is 21.8 Å². The summed E-state index contributed by atoms with van der Waals surface area (Å²) in [6.07, 6.45) is 0. The van der Waals surface area contributed by atoms with Gasteiger partial charge in [-0.25, -0.2) is 8.78 Å². The molecule has 0 spiro atoms. The molecule has 2 aliphatic heterocycles. The summed E-state index contributed by atoms with van der Waals surface area (Å²) in [5, 5.41) is 9.96. The zero-order chi connectivity index (χ0) is 23.1. The fraction of sp³-hybridized carbons (Fsp3) is 0.231. The molecule has 2 saturated heterocycles. The van der Waals surface area contributed by atoms with E-state index in [1.54, 1.807) is 23.1 Å². The minimum absolute atomic E-state index is 0.0812. The number of nitrogens with zero attached hydrogens (tertiary/aromatic N) is 2. The third kappa shape index (κ3) is 3.68. The van der Waals surface area contributed by atoms with Gasteiger partial charge in [-0.1, -0.05) is 42.5 Å². The lowest BCUT2D eigenvalue weighted by atomic mass is 9.73. The Morgan fingerprint density at radius 1 is 0.970 bits per heavy atom. The molecule has 2 amide bonds. The lowest BCUT2D eigenvalue weighted by Crippen LogP contribution is -2.73. The molecule has 0 unspecified atom stereocenters. The lowest BCUT2D eigenvalue weighted by molar-refractivity contribution is -0.159. The van der Waals surface area contributed by atoms with Gasteiger partial charge in [0.05, 0.1) is 18.7 Å². The highest BCUT2D eigenvalue weighted by atomic mass is 19.1. The average Bonchev–Trinajstić information content (AvgIpc) is 2.81. The SMILES string of the molecule is O=C(c1ccc(F)cc1)N1CC(=O)N2[C@H](C1)[C@@H](c1ccc(-c3ccccc3F)cc1)[C@@H]2CO. The van der Waals surface area contributed by atoms with E-state index >= 15 is 0 Å². The molecule has 2 fully saturated rings. The van der Waals surface area contributed by atoms with E-state index in [2.05, 4.69) is 0 Å². The van der Waals surface area contributed by atoms with Crippen molar-refractivity contribution in [2.75, 3.05) is 19.7 Å². The highest BCUT2D eigenvalue weighted by Gasteiger charge is 2.54. The molecule has 5 nitrogen and oxygen atoms in total. The fourth-order valence-corrected chi connectivity index (χ4v) is 5.01. The van der Waals surface area contributed by atoms with E-state index in [0.717, 1.165) is 11.1 Å². The number of rotatable bonds is 4. The van der Waals surface area contributed by atoms with Gasteiger partial charge >= 0.3 is 0 Å². The Hall–Kier alpha value is -3.58. The van der Waals surface area contributed by atoms with Crippen molar-refractivity contribution in [2.24, 2.45) is 0 Å². The Morgan fingerprint density at radius 3 is 2.33 bits per heavy atom. The second-order valence-corrected chi connectivity index (χ2v) is 8.44. The van der Waals surface area contributed by atoms with E-state index < -0.39 is 5.82 Å². The first-order valence-corrected chi connectivity index (χ1v) is 10.8. The van der Waals surface area contributed by atoms with Crippen LogP contribution < -0.4 is 0 Å². The van der Waals surface area contributed by atoms with Crippen LogP contribution in [-0.4, -0.2) is 58.5 Å². The fourth-order valence-electron chi connectivity index (χ4n) is 5.01. The van der Waals surface area contributed by atoms with Gasteiger partial charge in [-0.05, 0) is 41.5 Å². The monoisotopic (exact) mass is 448 g/mol. The van der Waals surface area contributed by atoms with E-state index in [1.165, 1.54) is 35.2 Å². The van der Waals surface area contributed by atoms with Crippen LogP contribution in [0.4, 0.5) is 8.78 Å². The highest BCUT2D eigenvalue weighted by Crippen LogP contribution is 2.43. The Kier molecular flexibility index (Phi) is 5.42. The number of amides is 2. The van der Waals surface area contributed by atoms with Crippen molar-refractivity contribution in [3.63, 3.8) is 0 Å². The zero-order valence-corrected chi connectivity index (χ0v) is 17.7. The Balaban J connectivity index is 1.39. The topological polar surface area (TPSA) is 60.9 Å². The van der Waals surface area contributed by atoms with Crippen molar-refractivity contribution < 1.29 is 23.5 Å². The molecule has 0 saturated carbocycles. The number of aliphatic hydroxyl groups is 1. The number of carbonyl (C=O) groups excluding carboxylic acids is 2. The number of benzene rings is 3. The molecule has 2 aliphatic rings. The smallest absolute Gasteiger partial charge is 0.254 e. The van der Waals surface area contributed by atoms with E-state index in [0.29, 0.717) is 17.7 Å². The Labute approximate surface area is 189 Å². The standard InChI is InChI=1S/C26H22F2N2O3/c27-19-11-9-18(10-12-19)26(33)29-13-22-25(23(15-31)30(22)24(32)14-29)17-7-5-16(6-8-17)20-3-1-2-4-21(20)28/h1-12,22-23,25,31H,13-15H2/t22-,23+,25-/m1/s1. The largest absolute Gasteiger partial charge is 0.394 e. The first-order valence-electron chi connectivity index (χ1n) is 10.8. The van der Waals surface area contributed by atoms with Crippen molar-refractivity contribution in [3.05, 3.63) is 95.6 Å². The third-order valence-electron chi connectivity index (χ3n) is 6.61. The van der Waals surface area contributed by atoms with Crippen LogP contribution in [-0.2, 0) is 4.79 Å². The molecule has 0 radical (unpaired) electrons. The van der Waals surface area contributed by atoms with Crippen molar-refractivity contribution in [2.45, 2.75) is 18.0 Å². The van der Waals surface area contributed by atoms with Crippen LogP contribution in [0.3, 0.4) is 0 Å².